The Balaban J connectivity index is 1.72. The van der Waals surface area contributed by atoms with Crippen molar-refractivity contribution in [3.63, 3.8) is 0 Å². The highest BCUT2D eigenvalue weighted by Crippen LogP contribution is 2.54. The van der Waals surface area contributed by atoms with Gasteiger partial charge in [0.25, 0.3) is 0 Å². The third kappa shape index (κ3) is 5.57. The van der Waals surface area contributed by atoms with Gasteiger partial charge in [0.05, 0.1) is 10.6 Å². The lowest BCUT2D eigenvalue weighted by atomic mass is 10.3. The van der Waals surface area contributed by atoms with Crippen LogP contribution in [0, 0.1) is 0 Å². The lowest BCUT2D eigenvalue weighted by molar-refractivity contribution is 0.429. The Kier molecular flexibility index (Phi) is 8.70. The second kappa shape index (κ2) is 12.6. The second-order valence-corrected chi connectivity index (χ2v) is 15.0. The first-order valence-corrected chi connectivity index (χ1v) is 16.9. The molecule has 0 atom stereocenters. The number of para-hydroxylation sites is 1. The number of ether oxygens (including phenoxy) is 1. The standard InChI is InChI=1S/C36H32O3P2/c1-3-18-35(40(37,30-19-8-4-9-20-30)31-21-10-5-11-22-31)29(2)39-34-27-16-17-28-36(34)41(38,32-23-12-6-13-24-32)33-25-14-7-15-26-33/h3-28H,1-2H3/b18-3-,35-29-. The molecule has 3 nitrogen and oxygen atoms in total. The van der Waals surface area contributed by atoms with Crippen molar-refractivity contribution in [2.24, 2.45) is 0 Å². The molecule has 0 radical (unpaired) electrons. The van der Waals surface area contributed by atoms with Crippen molar-refractivity contribution < 1.29 is 13.9 Å². The number of hydrogen-bond acceptors (Lipinski definition) is 3. The molecule has 0 aromatic heterocycles. The van der Waals surface area contributed by atoms with E-state index >= 15 is 9.13 Å². The van der Waals surface area contributed by atoms with Crippen molar-refractivity contribution in [2.45, 2.75) is 13.8 Å². The third-order valence-corrected chi connectivity index (χ3v) is 13.3. The van der Waals surface area contributed by atoms with Gasteiger partial charge in [0.15, 0.2) is 14.3 Å². The van der Waals surface area contributed by atoms with E-state index in [2.05, 4.69) is 0 Å². The zero-order valence-corrected chi connectivity index (χ0v) is 24.9. The first kappa shape index (κ1) is 28.4. The minimum absolute atomic E-state index is 0.468. The number of allylic oxidation sites excluding steroid dienone is 4. The molecule has 5 heteroatoms. The minimum atomic E-state index is -3.32. The Morgan fingerprint density at radius 3 is 1.39 bits per heavy atom. The van der Waals surface area contributed by atoms with Crippen LogP contribution in [-0.4, -0.2) is 0 Å². The van der Waals surface area contributed by atoms with E-state index in [-0.39, 0.29) is 0 Å². The van der Waals surface area contributed by atoms with E-state index in [0.29, 0.717) is 22.1 Å². The lowest BCUT2D eigenvalue weighted by Gasteiger charge is -2.25. The highest BCUT2D eigenvalue weighted by molar-refractivity contribution is 7.85. The molecule has 0 bridgehead atoms. The van der Waals surface area contributed by atoms with Crippen molar-refractivity contribution in [1.82, 2.24) is 0 Å². The molecule has 41 heavy (non-hydrogen) atoms. The fraction of sp³-hybridized carbons (Fsp3) is 0.0556. The summed E-state index contributed by atoms with van der Waals surface area (Å²) in [7, 11) is -6.62. The summed E-state index contributed by atoms with van der Waals surface area (Å²) in [5.74, 6) is 0.954. The van der Waals surface area contributed by atoms with Gasteiger partial charge in [0.1, 0.15) is 11.5 Å². The fourth-order valence-electron chi connectivity index (χ4n) is 5.03. The van der Waals surface area contributed by atoms with E-state index in [1.807, 2.05) is 172 Å². The van der Waals surface area contributed by atoms with E-state index in [1.165, 1.54) is 0 Å². The highest BCUT2D eigenvalue weighted by Gasteiger charge is 2.35. The molecule has 0 spiro atoms. The van der Waals surface area contributed by atoms with E-state index in [9.17, 15) is 0 Å². The van der Waals surface area contributed by atoms with Crippen LogP contribution >= 0.6 is 14.3 Å². The predicted octanol–water partition coefficient (Wildman–Crippen LogP) is 7.53. The van der Waals surface area contributed by atoms with E-state index in [4.69, 9.17) is 4.74 Å². The normalized spacial score (nSPS) is 12.6. The maximum atomic E-state index is 15.2. The molecule has 0 aliphatic carbocycles. The lowest BCUT2D eigenvalue weighted by Crippen LogP contribution is -2.26. The molecular formula is C36H32O3P2. The first-order chi connectivity index (χ1) is 20.0. The minimum Gasteiger partial charge on any atom is -0.460 e. The summed E-state index contributed by atoms with van der Waals surface area (Å²) in [5.41, 5.74) is 0. The maximum absolute atomic E-state index is 15.2. The summed E-state index contributed by atoms with van der Waals surface area (Å²) >= 11 is 0. The van der Waals surface area contributed by atoms with Crippen LogP contribution in [0.15, 0.2) is 169 Å². The Morgan fingerprint density at radius 1 is 0.561 bits per heavy atom. The second-order valence-electron chi connectivity index (χ2n) is 9.57. The van der Waals surface area contributed by atoms with Gasteiger partial charge in [-0.2, -0.15) is 0 Å². The maximum Gasteiger partial charge on any atom is 0.174 e. The average molecular weight is 575 g/mol. The third-order valence-electron chi connectivity index (χ3n) is 6.97. The van der Waals surface area contributed by atoms with Crippen molar-refractivity contribution >= 4 is 40.8 Å². The smallest absolute Gasteiger partial charge is 0.174 e. The van der Waals surface area contributed by atoms with Gasteiger partial charge < -0.3 is 13.9 Å². The largest absolute Gasteiger partial charge is 0.460 e. The van der Waals surface area contributed by atoms with Crippen LogP contribution in [0.5, 0.6) is 5.75 Å². The van der Waals surface area contributed by atoms with Crippen molar-refractivity contribution in [3.05, 3.63) is 169 Å². The van der Waals surface area contributed by atoms with Gasteiger partial charge in [-0.05, 0) is 26.0 Å². The zero-order chi connectivity index (χ0) is 28.7. The fourth-order valence-corrected chi connectivity index (χ4v) is 10.7. The van der Waals surface area contributed by atoms with Gasteiger partial charge in [0.2, 0.25) is 0 Å². The topological polar surface area (TPSA) is 43.4 Å². The summed E-state index contributed by atoms with van der Waals surface area (Å²) < 4.78 is 37.0. The van der Waals surface area contributed by atoms with Crippen LogP contribution in [0.3, 0.4) is 0 Å². The monoisotopic (exact) mass is 574 g/mol. The van der Waals surface area contributed by atoms with Gasteiger partial charge in [-0.1, -0.05) is 146 Å². The van der Waals surface area contributed by atoms with Gasteiger partial charge in [0, 0.05) is 21.2 Å². The molecule has 0 saturated carbocycles. The van der Waals surface area contributed by atoms with Crippen molar-refractivity contribution in [3.8, 4) is 5.75 Å². The van der Waals surface area contributed by atoms with E-state index < -0.39 is 14.3 Å². The SMILES string of the molecule is C/C=C\C(=C(/C)Oc1ccccc1P(=O)(c1ccccc1)c1ccccc1)P(=O)(c1ccccc1)c1ccccc1. The van der Waals surface area contributed by atoms with E-state index in [1.54, 1.807) is 0 Å². The quantitative estimate of drug-likeness (QED) is 0.104. The molecule has 5 aromatic carbocycles. The molecule has 5 aromatic rings. The van der Waals surface area contributed by atoms with Gasteiger partial charge in [-0.15, -0.1) is 0 Å². The molecule has 204 valence electrons. The molecule has 0 amide bonds. The van der Waals surface area contributed by atoms with E-state index in [0.717, 1.165) is 21.2 Å². The molecule has 0 heterocycles. The molecule has 0 aliphatic rings. The Morgan fingerprint density at radius 2 is 0.951 bits per heavy atom. The molecule has 0 unspecified atom stereocenters. The average Bonchev–Trinajstić information content (AvgIpc) is 3.05. The molecular weight excluding hydrogens is 542 g/mol. The molecule has 0 aliphatic heterocycles. The van der Waals surface area contributed by atoms with Crippen LogP contribution < -0.4 is 31.3 Å². The van der Waals surface area contributed by atoms with Gasteiger partial charge in [-0.3, -0.25) is 0 Å². The summed E-state index contributed by atoms with van der Waals surface area (Å²) in [6, 6.07) is 45.6. The molecule has 5 rings (SSSR count). The molecule has 0 fully saturated rings. The van der Waals surface area contributed by atoms with Gasteiger partial charge in [-0.25, -0.2) is 0 Å². The summed E-state index contributed by atoms with van der Waals surface area (Å²) in [6.07, 6.45) is 3.75. The Labute approximate surface area is 242 Å². The van der Waals surface area contributed by atoms with Gasteiger partial charge >= 0.3 is 0 Å². The number of rotatable bonds is 9. The van der Waals surface area contributed by atoms with Crippen LogP contribution in [-0.2, 0) is 9.13 Å². The van der Waals surface area contributed by atoms with Crippen molar-refractivity contribution in [1.29, 1.82) is 0 Å². The Hall–Kier alpha value is -4.16. The van der Waals surface area contributed by atoms with Crippen LogP contribution in [0.4, 0.5) is 0 Å². The van der Waals surface area contributed by atoms with Crippen LogP contribution in [0.2, 0.25) is 0 Å². The summed E-state index contributed by atoms with van der Waals surface area (Å²) in [6.45, 7) is 3.74. The summed E-state index contributed by atoms with van der Waals surface area (Å²) in [5, 5.41) is 4.05. The summed E-state index contributed by atoms with van der Waals surface area (Å²) in [4.78, 5) is 0. The Bertz CT molecular complexity index is 1670. The van der Waals surface area contributed by atoms with Crippen LogP contribution in [0.1, 0.15) is 13.8 Å². The first-order valence-electron chi connectivity index (χ1n) is 13.5. The zero-order valence-electron chi connectivity index (χ0n) is 23.1. The molecule has 0 N–H and O–H groups in total. The van der Waals surface area contributed by atoms with Crippen LogP contribution in [0.25, 0.3) is 0 Å². The number of hydrogen-bond donors (Lipinski definition) is 0. The predicted molar refractivity (Wildman–Crippen MR) is 174 cm³/mol. The highest BCUT2D eigenvalue weighted by atomic mass is 31.2. The van der Waals surface area contributed by atoms with Crippen molar-refractivity contribution in [2.75, 3.05) is 0 Å². The number of benzene rings is 5. The molecule has 0 saturated heterocycles.